The van der Waals surface area contributed by atoms with Gasteiger partial charge < -0.3 is 24.3 Å². The third kappa shape index (κ3) is 3.30. The van der Waals surface area contributed by atoms with Crippen molar-refractivity contribution in [3.8, 4) is 28.7 Å². The summed E-state index contributed by atoms with van der Waals surface area (Å²) < 4.78 is 23.5. The second-order valence-corrected chi connectivity index (χ2v) is 6.80. The lowest BCUT2D eigenvalue weighted by atomic mass is 9.89. The van der Waals surface area contributed by atoms with Crippen LogP contribution >= 0.6 is 0 Å². The van der Waals surface area contributed by atoms with Crippen LogP contribution in [0, 0.1) is 0 Å². The largest absolute Gasteiger partial charge is 0.497 e. The van der Waals surface area contributed by atoms with E-state index in [1.165, 1.54) is 0 Å². The molecule has 1 atom stereocenters. The minimum Gasteiger partial charge on any atom is -0.497 e. The second kappa shape index (κ2) is 7.98. The van der Waals surface area contributed by atoms with Crippen molar-refractivity contribution in [2.75, 3.05) is 33.8 Å². The Morgan fingerprint density at radius 2 is 1.63 bits per heavy atom. The van der Waals surface area contributed by atoms with Gasteiger partial charge in [-0.05, 0) is 18.2 Å². The third-order valence-corrected chi connectivity index (χ3v) is 5.23. The number of methoxy groups -OCH3 is 4. The molecule has 0 saturated carbocycles. The van der Waals surface area contributed by atoms with Crippen molar-refractivity contribution < 1.29 is 23.7 Å². The standard InChI is InChI=1S/C22H23N3O5/c1-27-13-6-8-18(29-3)17(9-13)25-12-23-21-16(11-20(26)24-22(21)25)15-7-5-14(28-2)10-19(15)30-4/h5-10,12,16H,11H2,1-4H3,(H,24,26)/t16-/m1/s1. The maximum Gasteiger partial charge on any atom is 0.226 e. The summed E-state index contributed by atoms with van der Waals surface area (Å²) in [7, 11) is 6.40. The molecule has 0 aliphatic carbocycles. The van der Waals surface area contributed by atoms with Crippen LogP contribution in [0.15, 0.2) is 42.7 Å². The van der Waals surface area contributed by atoms with Crippen LogP contribution < -0.4 is 24.3 Å². The summed E-state index contributed by atoms with van der Waals surface area (Å²) >= 11 is 0. The normalized spacial score (nSPS) is 15.2. The molecule has 30 heavy (non-hydrogen) atoms. The van der Waals surface area contributed by atoms with Crippen molar-refractivity contribution in [3.63, 3.8) is 0 Å². The average molecular weight is 409 g/mol. The highest BCUT2D eigenvalue weighted by Gasteiger charge is 2.33. The van der Waals surface area contributed by atoms with Gasteiger partial charge in [0.25, 0.3) is 0 Å². The van der Waals surface area contributed by atoms with E-state index in [-0.39, 0.29) is 18.2 Å². The van der Waals surface area contributed by atoms with Gasteiger partial charge in [-0.2, -0.15) is 0 Å². The fraction of sp³-hybridized carbons (Fsp3) is 0.273. The molecule has 0 unspecified atom stereocenters. The molecule has 1 N–H and O–H groups in total. The smallest absolute Gasteiger partial charge is 0.226 e. The number of anilines is 1. The molecule has 0 bridgehead atoms. The number of ether oxygens (including phenoxy) is 4. The van der Waals surface area contributed by atoms with Gasteiger partial charge >= 0.3 is 0 Å². The average Bonchev–Trinajstić information content (AvgIpc) is 3.21. The predicted octanol–water partition coefficient (Wildman–Crippen LogP) is 3.38. The van der Waals surface area contributed by atoms with Gasteiger partial charge in [-0.25, -0.2) is 4.98 Å². The van der Waals surface area contributed by atoms with Crippen molar-refractivity contribution in [3.05, 3.63) is 54.0 Å². The molecule has 8 nitrogen and oxygen atoms in total. The van der Waals surface area contributed by atoms with Crippen LogP contribution in [0.25, 0.3) is 5.69 Å². The monoisotopic (exact) mass is 409 g/mol. The van der Waals surface area contributed by atoms with E-state index in [2.05, 4.69) is 10.3 Å². The Balaban J connectivity index is 1.85. The molecular formula is C22H23N3O5. The molecule has 3 aromatic rings. The molecule has 0 fully saturated rings. The Labute approximate surface area is 174 Å². The number of aromatic nitrogens is 2. The fourth-order valence-corrected chi connectivity index (χ4v) is 3.74. The molecule has 1 aromatic heterocycles. The van der Waals surface area contributed by atoms with Gasteiger partial charge in [0, 0.05) is 30.0 Å². The zero-order valence-corrected chi connectivity index (χ0v) is 17.3. The molecular weight excluding hydrogens is 386 g/mol. The topological polar surface area (TPSA) is 83.8 Å². The predicted molar refractivity (Wildman–Crippen MR) is 111 cm³/mol. The van der Waals surface area contributed by atoms with Crippen LogP contribution in [0.3, 0.4) is 0 Å². The number of carbonyl (C=O) groups is 1. The fourth-order valence-electron chi connectivity index (χ4n) is 3.74. The molecule has 2 aromatic carbocycles. The quantitative estimate of drug-likeness (QED) is 0.672. The Morgan fingerprint density at radius 1 is 0.933 bits per heavy atom. The first kappa shape index (κ1) is 19.6. The lowest BCUT2D eigenvalue weighted by Crippen LogP contribution is -2.25. The Hall–Kier alpha value is -3.68. The highest BCUT2D eigenvalue weighted by atomic mass is 16.5. The summed E-state index contributed by atoms with van der Waals surface area (Å²) in [6, 6.07) is 11.0. The van der Waals surface area contributed by atoms with E-state index in [9.17, 15) is 4.79 Å². The number of amides is 1. The van der Waals surface area contributed by atoms with Crippen molar-refractivity contribution in [1.82, 2.24) is 9.55 Å². The van der Waals surface area contributed by atoms with E-state index in [1.54, 1.807) is 39.3 Å². The van der Waals surface area contributed by atoms with Gasteiger partial charge in [-0.15, -0.1) is 0 Å². The molecule has 0 saturated heterocycles. The van der Waals surface area contributed by atoms with E-state index in [0.29, 0.717) is 34.5 Å². The summed E-state index contributed by atoms with van der Waals surface area (Å²) in [6.45, 7) is 0. The SMILES string of the molecule is COc1ccc([C@H]2CC(=O)Nc3c2ncn3-c2cc(OC)ccc2OC)c(OC)c1. The molecule has 2 heterocycles. The van der Waals surface area contributed by atoms with Gasteiger partial charge in [-0.1, -0.05) is 6.07 Å². The highest BCUT2D eigenvalue weighted by molar-refractivity contribution is 5.94. The van der Waals surface area contributed by atoms with E-state index < -0.39 is 0 Å². The molecule has 1 aliphatic rings. The highest BCUT2D eigenvalue weighted by Crippen LogP contribution is 2.42. The van der Waals surface area contributed by atoms with Crippen LogP contribution in [-0.4, -0.2) is 43.9 Å². The summed E-state index contributed by atoms with van der Waals surface area (Å²) in [5.74, 6) is 2.87. The number of hydrogen-bond donors (Lipinski definition) is 1. The Kier molecular flexibility index (Phi) is 5.22. The Morgan fingerprint density at radius 3 is 2.33 bits per heavy atom. The lowest BCUT2D eigenvalue weighted by Gasteiger charge is -2.25. The number of imidazole rings is 1. The zero-order chi connectivity index (χ0) is 21.3. The van der Waals surface area contributed by atoms with Crippen molar-refractivity contribution in [2.24, 2.45) is 0 Å². The van der Waals surface area contributed by atoms with E-state index in [1.807, 2.05) is 36.4 Å². The molecule has 0 spiro atoms. The summed E-state index contributed by atoms with van der Waals surface area (Å²) in [5, 5.41) is 2.96. The van der Waals surface area contributed by atoms with Gasteiger partial charge in [-0.3, -0.25) is 9.36 Å². The molecule has 1 amide bonds. The Bertz CT molecular complexity index is 1090. The molecule has 0 radical (unpaired) electrons. The van der Waals surface area contributed by atoms with Gasteiger partial charge in [0.15, 0.2) is 0 Å². The van der Waals surface area contributed by atoms with Gasteiger partial charge in [0.1, 0.15) is 35.1 Å². The van der Waals surface area contributed by atoms with Crippen LogP contribution in [0.2, 0.25) is 0 Å². The van der Waals surface area contributed by atoms with Crippen LogP contribution in [0.4, 0.5) is 5.82 Å². The van der Waals surface area contributed by atoms with E-state index in [0.717, 1.165) is 11.3 Å². The van der Waals surface area contributed by atoms with Gasteiger partial charge in [0.2, 0.25) is 5.91 Å². The van der Waals surface area contributed by atoms with Crippen molar-refractivity contribution in [2.45, 2.75) is 12.3 Å². The third-order valence-electron chi connectivity index (χ3n) is 5.23. The summed E-state index contributed by atoms with van der Waals surface area (Å²) in [6.07, 6.45) is 1.94. The minimum atomic E-state index is -0.257. The maximum absolute atomic E-state index is 12.6. The number of benzene rings is 2. The van der Waals surface area contributed by atoms with E-state index in [4.69, 9.17) is 18.9 Å². The van der Waals surface area contributed by atoms with Crippen molar-refractivity contribution >= 4 is 11.7 Å². The summed E-state index contributed by atoms with van der Waals surface area (Å²) in [5.41, 5.74) is 2.34. The van der Waals surface area contributed by atoms with E-state index >= 15 is 0 Å². The van der Waals surface area contributed by atoms with Crippen LogP contribution in [-0.2, 0) is 4.79 Å². The lowest BCUT2D eigenvalue weighted by molar-refractivity contribution is -0.116. The number of fused-ring (bicyclic) bond motifs is 1. The first-order valence-corrected chi connectivity index (χ1v) is 9.41. The first-order valence-electron chi connectivity index (χ1n) is 9.41. The van der Waals surface area contributed by atoms with Crippen LogP contribution in [0.5, 0.6) is 23.0 Å². The number of carbonyl (C=O) groups excluding carboxylic acids is 1. The summed E-state index contributed by atoms with van der Waals surface area (Å²) in [4.78, 5) is 17.3. The molecule has 8 heteroatoms. The number of hydrogen-bond acceptors (Lipinski definition) is 6. The second-order valence-electron chi connectivity index (χ2n) is 6.80. The first-order chi connectivity index (χ1) is 14.6. The maximum atomic E-state index is 12.6. The molecule has 4 rings (SSSR count). The van der Waals surface area contributed by atoms with Crippen molar-refractivity contribution in [1.29, 1.82) is 0 Å². The number of nitrogens with one attached hydrogen (secondary N) is 1. The van der Waals surface area contributed by atoms with Gasteiger partial charge in [0.05, 0.1) is 39.8 Å². The minimum absolute atomic E-state index is 0.103. The molecule has 156 valence electrons. The number of nitrogens with zero attached hydrogens (tertiary/aromatic N) is 2. The zero-order valence-electron chi connectivity index (χ0n) is 17.3. The molecule has 1 aliphatic heterocycles. The number of rotatable bonds is 6. The van der Waals surface area contributed by atoms with Crippen LogP contribution in [0.1, 0.15) is 23.6 Å².